The summed E-state index contributed by atoms with van der Waals surface area (Å²) < 4.78 is 0. The third kappa shape index (κ3) is 2.18. The third-order valence-corrected chi connectivity index (χ3v) is 3.77. The normalized spacial score (nSPS) is 19.1. The van der Waals surface area contributed by atoms with E-state index in [1.165, 1.54) is 12.1 Å². The molecule has 2 aromatic rings. The van der Waals surface area contributed by atoms with Gasteiger partial charge in [0.15, 0.2) is 5.78 Å². The molecule has 1 atom stereocenters. The number of Topliss-reactive ketones (excluding diaryl/α,β-unsaturated/α-hetero) is 1. The number of carbonyl (C=O) groups excluding carboxylic acids is 1. The number of piperidine rings is 1. The van der Waals surface area contributed by atoms with Crippen molar-refractivity contribution in [2.75, 3.05) is 6.54 Å². The maximum absolute atomic E-state index is 12.5. The Hall–Kier alpha value is -2.21. The summed E-state index contributed by atoms with van der Waals surface area (Å²) in [4.78, 5) is 25.9. The molecule has 1 aromatic carbocycles. The molecule has 0 saturated carbocycles. The number of carbonyl (C=O) groups is 1. The number of ketones is 1. The quantitative estimate of drug-likeness (QED) is 0.510. The maximum atomic E-state index is 12.5. The average Bonchev–Trinajstić information content (AvgIpc) is 2.90. The maximum Gasteiger partial charge on any atom is 0.270 e. The van der Waals surface area contributed by atoms with E-state index in [-0.39, 0.29) is 17.5 Å². The highest BCUT2D eigenvalue weighted by atomic mass is 16.6. The summed E-state index contributed by atoms with van der Waals surface area (Å²) in [5, 5.41) is 14.7. The van der Waals surface area contributed by atoms with E-state index in [2.05, 4.69) is 10.3 Å². The van der Waals surface area contributed by atoms with E-state index in [0.29, 0.717) is 10.9 Å². The lowest BCUT2D eigenvalue weighted by Crippen LogP contribution is -2.40. The first-order valence-electron chi connectivity index (χ1n) is 6.70. The molecule has 0 amide bonds. The molecule has 6 heteroatoms. The number of fused-ring (bicyclic) bond motifs is 1. The van der Waals surface area contributed by atoms with Crippen molar-refractivity contribution in [1.82, 2.24) is 10.3 Å². The van der Waals surface area contributed by atoms with Crippen molar-refractivity contribution in [3.63, 3.8) is 0 Å². The number of aromatic amines is 1. The van der Waals surface area contributed by atoms with E-state index in [1.807, 2.05) is 0 Å². The minimum Gasteiger partial charge on any atom is -0.360 e. The van der Waals surface area contributed by atoms with E-state index >= 15 is 0 Å². The van der Waals surface area contributed by atoms with Gasteiger partial charge in [0.2, 0.25) is 0 Å². The van der Waals surface area contributed by atoms with Crippen LogP contribution in [0.4, 0.5) is 5.69 Å². The molecule has 3 rings (SSSR count). The van der Waals surface area contributed by atoms with Gasteiger partial charge in [-0.1, -0.05) is 6.42 Å². The second-order valence-corrected chi connectivity index (χ2v) is 5.06. The van der Waals surface area contributed by atoms with Crippen molar-refractivity contribution in [3.8, 4) is 0 Å². The molecule has 1 aliphatic heterocycles. The number of non-ortho nitro benzene ring substituents is 1. The number of hydrogen-bond acceptors (Lipinski definition) is 4. The fourth-order valence-corrected chi connectivity index (χ4v) is 2.69. The molecule has 0 spiro atoms. The van der Waals surface area contributed by atoms with Crippen LogP contribution in [0.25, 0.3) is 10.9 Å². The summed E-state index contributed by atoms with van der Waals surface area (Å²) in [6.45, 7) is 0.846. The fraction of sp³-hybridized carbons (Fsp3) is 0.357. The van der Waals surface area contributed by atoms with Gasteiger partial charge in [0.1, 0.15) is 0 Å². The first-order chi connectivity index (χ1) is 9.66. The first-order valence-corrected chi connectivity index (χ1v) is 6.70. The van der Waals surface area contributed by atoms with Gasteiger partial charge in [-0.2, -0.15) is 0 Å². The number of benzene rings is 1. The van der Waals surface area contributed by atoms with Crippen molar-refractivity contribution in [2.24, 2.45) is 0 Å². The predicted octanol–water partition coefficient (Wildman–Crippen LogP) is 2.40. The largest absolute Gasteiger partial charge is 0.360 e. The highest BCUT2D eigenvalue weighted by molar-refractivity contribution is 6.10. The molecular weight excluding hydrogens is 258 g/mol. The van der Waals surface area contributed by atoms with Gasteiger partial charge < -0.3 is 10.3 Å². The van der Waals surface area contributed by atoms with Crippen LogP contribution >= 0.6 is 0 Å². The number of hydrogen-bond donors (Lipinski definition) is 2. The fourth-order valence-electron chi connectivity index (χ4n) is 2.69. The van der Waals surface area contributed by atoms with Gasteiger partial charge in [0.25, 0.3) is 5.69 Å². The number of nitro groups is 1. The lowest BCUT2D eigenvalue weighted by Gasteiger charge is -2.21. The molecule has 104 valence electrons. The zero-order chi connectivity index (χ0) is 14.1. The van der Waals surface area contributed by atoms with Crippen molar-refractivity contribution in [1.29, 1.82) is 0 Å². The number of H-pyrrole nitrogens is 1. The zero-order valence-corrected chi connectivity index (χ0v) is 10.9. The molecule has 1 unspecified atom stereocenters. The summed E-state index contributed by atoms with van der Waals surface area (Å²) in [6, 6.07) is 4.36. The van der Waals surface area contributed by atoms with Crippen LogP contribution in [0.5, 0.6) is 0 Å². The predicted molar refractivity (Wildman–Crippen MR) is 74.9 cm³/mol. The van der Waals surface area contributed by atoms with Crippen LogP contribution in [-0.2, 0) is 0 Å². The van der Waals surface area contributed by atoms with Gasteiger partial charge in [0, 0.05) is 34.8 Å². The van der Waals surface area contributed by atoms with Gasteiger partial charge in [-0.3, -0.25) is 14.9 Å². The molecule has 2 heterocycles. The molecule has 1 aliphatic rings. The second kappa shape index (κ2) is 5.05. The summed E-state index contributed by atoms with van der Waals surface area (Å²) in [5.74, 6) is 0.0106. The Bertz CT molecular complexity index is 671. The Balaban J connectivity index is 2.00. The van der Waals surface area contributed by atoms with Crippen LogP contribution in [0, 0.1) is 10.1 Å². The highest BCUT2D eigenvalue weighted by Crippen LogP contribution is 2.25. The van der Waals surface area contributed by atoms with Gasteiger partial charge in [-0.05, 0) is 25.5 Å². The molecule has 0 radical (unpaired) electrons. The number of nitro benzene ring substituents is 1. The van der Waals surface area contributed by atoms with E-state index in [1.54, 1.807) is 12.3 Å². The summed E-state index contributed by atoms with van der Waals surface area (Å²) >= 11 is 0. The van der Waals surface area contributed by atoms with E-state index in [9.17, 15) is 14.9 Å². The SMILES string of the molecule is O=C(c1c[nH]c2ccc([N+](=O)[O-])cc12)C1CCCCN1. The summed E-state index contributed by atoms with van der Waals surface area (Å²) in [6.07, 6.45) is 4.59. The zero-order valence-electron chi connectivity index (χ0n) is 10.9. The van der Waals surface area contributed by atoms with Crippen LogP contribution in [0.3, 0.4) is 0 Å². The Labute approximate surface area is 115 Å². The van der Waals surface area contributed by atoms with Crippen LogP contribution in [0.15, 0.2) is 24.4 Å². The van der Waals surface area contributed by atoms with Crippen LogP contribution < -0.4 is 5.32 Å². The number of rotatable bonds is 3. The minimum absolute atomic E-state index is 0.00255. The Morgan fingerprint density at radius 2 is 2.20 bits per heavy atom. The van der Waals surface area contributed by atoms with E-state index in [4.69, 9.17) is 0 Å². The number of aromatic nitrogens is 1. The van der Waals surface area contributed by atoms with E-state index < -0.39 is 4.92 Å². The number of nitrogens with one attached hydrogen (secondary N) is 2. The summed E-state index contributed by atoms with van der Waals surface area (Å²) in [5.41, 5.74) is 1.28. The van der Waals surface area contributed by atoms with Gasteiger partial charge in [-0.15, -0.1) is 0 Å². The third-order valence-electron chi connectivity index (χ3n) is 3.77. The van der Waals surface area contributed by atoms with Crippen LogP contribution in [0.1, 0.15) is 29.6 Å². The molecule has 20 heavy (non-hydrogen) atoms. The molecule has 6 nitrogen and oxygen atoms in total. The molecule has 0 bridgehead atoms. The highest BCUT2D eigenvalue weighted by Gasteiger charge is 2.24. The standard InChI is InChI=1S/C14H15N3O3/c18-14(13-3-1-2-6-15-13)11-8-16-12-5-4-9(17(19)20)7-10(11)12/h4-5,7-8,13,15-16H,1-3,6H2. The molecule has 0 aliphatic carbocycles. The lowest BCUT2D eigenvalue weighted by atomic mass is 9.96. The van der Waals surface area contributed by atoms with Crippen molar-refractivity contribution in [2.45, 2.75) is 25.3 Å². The topological polar surface area (TPSA) is 88.0 Å². The monoisotopic (exact) mass is 273 g/mol. The van der Waals surface area contributed by atoms with Gasteiger partial charge in [0.05, 0.1) is 11.0 Å². The van der Waals surface area contributed by atoms with E-state index in [0.717, 1.165) is 31.3 Å². The van der Waals surface area contributed by atoms with Gasteiger partial charge in [-0.25, -0.2) is 0 Å². The lowest BCUT2D eigenvalue weighted by molar-refractivity contribution is -0.384. The molecule has 2 N–H and O–H groups in total. The average molecular weight is 273 g/mol. The Kier molecular flexibility index (Phi) is 3.23. The van der Waals surface area contributed by atoms with Crippen LogP contribution in [0.2, 0.25) is 0 Å². The van der Waals surface area contributed by atoms with Crippen molar-refractivity contribution in [3.05, 3.63) is 40.1 Å². The molecule has 1 fully saturated rings. The molecule has 1 saturated heterocycles. The molecule has 1 aromatic heterocycles. The Morgan fingerprint density at radius 3 is 2.90 bits per heavy atom. The number of nitrogens with zero attached hydrogens (tertiary/aromatic N) is 1. The first kappa shape index (κ1) is 12.8. The Morgan fingerprint density at radius 1 is 1.35 bits per heavy atom. The van der Waals surface area contributed by atoms with Gasteiger partial charge >= 0.3 is 0 Å². The van der Waals surface area contributed by atoms with Crippen molar-refractivity contribution >= 4 is 22.4 Å². The minimum atomic E-state index is -0.445. The smallest absolute Gasteiger partial charge is 0.270 e. The molecular formula is C14H15N3O3. The summed E-state index contributed by atoms with van der Waals surface area (Å²) in [7, 11) is 0. The van der Waals surface area contributed by atoms with Crippen LogP contribution in [-0.4, -0.2) is 28.3 Å². The van der Waals surface area contributed by atoms with Crippen molar-refractivity contribution < 1.29 is 9.72 Å². The second-order valence-electron chi connectivity index (χ2n) is 5.06.